The van der Waals surface area contributed by atoms with Crippen LogP contribution in [0.1, 0.15) is 18.1 Å². The topological polar surface area (TPSA) is 55.1 Å². The van der Waals surface area contributed by atoms with Crippen LogP contribution in [0.15, 0.2) is 65.7 Å². The Bertz CT molecular complexity index is 796. The first-order valence-electron chi connectivity index (χ1n) is 6.93. The number of rotatable bonds is 4. The van der Waals surface area contributed by atoms with Crippen molar-refractivity contribution in [2.75, 3.05) is 0 Å². The van der Waals surface area contributed by atoms with Crippen LogP contribution in [0, 0.1) is 0 Å². The number of benzene rings is 2. The third kappa shape index (κ3) is 2.85. The van der Waals surface area contributed by atoms with E-state index in [0.29, 0.717) is 23.9 Å². The monoisotopic (exact) mass is 280 g/mol. The fourth-order valence-corrected chi connectivity index (χ4v) is 2.37. The number of fused-ring (bicyclic) bond motifs is 1. The Morgan fingerprint density at radius 1 is 1.05 bits per heavy atom. The lowest BCUT2D eigenvalue weighted by Gasteiger charge is -2.12. The Morgan fingerprint density at radius 2 is 1.76 bits per heavy atom. The molecule has 4 nitrogen and oxygen atoms in total. The molecule has 1 heterocycles. The normalized spacial score (nSPS) is 12.4. The number of aliphatic hydroxyl groups is 1. The minimum Gasteiger partial charge on any atom is -0.388 e. The van der Waals surface area contributed by atoms with Crippen LogP contribution in [0.4, 0.5) is 0 Å². The zero-order chi connectivity index (χ0) is 14.7. The van der Waals surface area contributed by atoms with E-state index in [1.807, 2.05) is 48.5 Å². The van der Waals surface area contributed by atoms with Crippen LogP contribution in [0.2, 0.25) is 0 Å². The van der Waals surface area contributed by atoms with Gasteiger partial charge in [-0.1, -0.05) is 42.5 Å². The molecule has 4 heteroatoms. The molecule has 1 N–H and O–H groups in total. The van der Waals surface area contributed by atoms with Gasteiger partial charge in [-0.25, -0.2) is 4.98 Å². The first-order valence-corrected chi connectivity index (χ1v) is 6.93. The number of aromatic nitrogens is 2. The highest BCUT2D eigenvalue weighted by Crippen LogP contribution is 2.16. The molecule has 21 heavy (non-hydrogen) atoms. The largest absolute Gasteiger partial charge is 0.388 e. The molecule has 3 rings (SSSR count). The van der Waals surface area contributed by atoms with E-state index < -0.39 is 6.10 Å². The molecule has 0 bridgehead atoms. The van der Waals surface area contributed by atoms with Crippen LogP contribution in [0.3, 0.4) is 0 Å². The Balaban J connectivity index is 1.80. The SMILES string of the molecule is O=c1c2ccccc2ncn1CCC(O)c1ccccc1. The molecule has 2 aromatic carbocycles. The van der Waals surface area contributed by atoms with Crippen molar-refractivity contribution in [3.05, 3.63) is 76.8 Å². The van der Waals surface area contributed by atoms with Crippen LogP contribution in [0.25, 0.3) is 10.9 Å². The van der Waals surface area contributed by atoms with Crippen molar-refractivity contribution in [1.29, 1.82) is 0 Å². The Labute approximate surface area is 122 Å². The van der Waals surface area contributed by atoms with Gasteiger partial charge < -0.3 is 5.11 Å². The molecule has 0 spiro atoms. The van der Waals surface area contributed by atoms with Crippen LogP contribution in [-0.4, -0.2) is 14.7 Å². The molecular formula is C17H16N2O2. The minimum atomic E-state index is -0.579. The Morgan fingerprint density at radius 3 is 2.57 bits per heavy atom. The summed E-state index contributed by atoms with van der Waals surface area (Å²) < 4.78 is 1.55. The van der Waals surface area contributed by atoms with Crippen LogP contribution in [0.5, 0.6) is 0 Å². The standard InChI is InChI=1S/C17H16N2O2/c20-16(13-6-2-1-3-7-13)10-11-19-12-18-15-9-5-4-8-14(15)17(19)21/h1-9,12,16,20H,10-11H2. The molecule has 1 unspecified atom stereocenters. The lowest BCUT2D eigenvalue weighted by atomic mass is 10.1. The molecule has 0 saturated heterocycles. The van der Waals surface area contributed by atoms with E-state index in [9.17, 15) is 9.90 Å². The number of nitrogens with zero attached hydrogens (tertiary/aromatic N) is 2. The van der Waals surface area contributed by atoms with E-state index in [4.69, 9.17) is 0 Å². The summed E-state index contributed by atoms with van der Waals surface area (Å²) >= 11 is 0. The van der Waals surface area contributed by atoms with E-state index in [-0.39, 0.29) is 5.56 Å². The summed E-state index contributed by atoms with van der Waals surface area (Å²) in [5.41, 5.74) is 1.49. The summed E-state index contributed by atoms with van der Waals surface area (Å²) in [6, 6.07) is 16.7. The Kier molecular flexibility index (Phi) is 3.79. The van der Waals surface area contributed by atoms with E-state index in [2.05, 4.69) is 4.98 Å². The number of hydrogen-bond donors (Lipinski definition) is 1. The molecule has 1 atom stereocenters. The zero-order valence-electron chi connectivity index (χ0n) is 11.5. The van der Waals surface area contributed by atoms with E-state index in [0.717, 1.165) is 5.56 Å². The number of aryl methyl sites for hydroxylation is 1. The molecule has 3 aromatic rings. The van der Waals surface area contributed by atoms with Gasteiger partial charge in [-0.15, -0.1) is 0 Å². The van der Waals surface area contributed by atoms with Crippen molar-refractivity contribution in [2.24, 2.45) is 0 Å². The highest BCUT2D eigenvalue weighted by atomic mass is 16.3. The predicted molar refractivity (Wildman–Crippen MR) is 82.0 cm³/mol. The van der Waals surface area contributed by atoms with Crippen molar-refractivity contribution < 1.29 is 5.11 Å². The van der Waals surface area contributed by atoms with Crippen molar-refractivity contribution in [1.82, 2.24) is 9.55 Å². The van der Waals surface area contributed by atoms with Crippen LogP contribution in [-0.2, 0) is 6.54 Å². The molecule has 0 fully saturated rings. The maximum Gasteiger partial charge on any atom is 0.261 e. The molecule has 0 radical (unpaired) electrons. The van der Waals surface area contributed by atoms with Gasteiger partial charge in [0, 0.05) is 6.54 Å². The van der Waals surface area contributed by atoms with Gasteiger partial charge >= 0.3 is 0 Å². The van der Waals surface area contributed by atoms with Gasteiger partial charge in [-0.2, -0.15) is 0 Å². The van der Waals surface area contributed by atoms with Crippen molar-refractivity contribution in [3.63, 3.8) is 0 Å². The fraction of sp³-hybridized carbons (Fsp3) is 0.176. The second kappa shape index (κ2) is 5.89. The molecule has 106 valence electrons. The lowest BCUT2D eigenvalue weighted by molar-refractivity contribution is 0.160. The second-order valence-corrected chi connectivity index (χ2v) is 4.98. The maximum absolute atomic E-state index is 12.3. The van der Waals surface area contributed by atoms with Crippen molar-refractivity contribution in [3.8, 4) is 0 Å². The third-order valence-corrected chi connectivity index (χ3v) is 3.56. The molecule has 0 amide bonds. The van der Waals surface area contributed by atoms with Gasteiger partial charge in [-0.05, 0) is 24.1 Å². The smallest absolute Gasteiger partial charge is 0.261 e. The molecule has 0 aliphatic rings. The number of hydrogen-bond acceptors (Lipinski definition) is 3. The summed E-state index contributed by atoms with van der Waals surface area (Å²) in [6.45, 7) is 0.437. The average Bonchev–Trinajstić information content (AvgIpc) is 2.55. The summed E-state index contributed by atoms with van der Waals surface area (Å²) in [5, 5.41) is 10.8. The maximum atomic E-state index is 12.3. The van der Waals surface area contributed by atoms with Gasteiger partial charge in [0.05, 0.1) is 23.3 Å². The molecule has 0 aliphatic heterocycles. The third-order valence-electron chi connectivity index (χ3n) is 3.56. The van der Waals surface area contributed by atoms with Crippen molar-refractivity contribution >= 4 is 10.9 Å². The van der Waals surface area contributed by atoms with Gasteiger partial charge in [0.15, 0.2) is 0 Å². The summed E-state index contributed by atoms with van der Waals surface area (Å²) in [6.07, 6.45) is 1.44. The first-order chi connectivity index (χ1) is 10.3. The Hall–Kier alpha value is -2.46. The predicted octanol–water partition coefficient (Wildman–Crippen LogP) is 2.52. The first kappa shape index (κ1) is 13.5. The number of para-hydroxylation sites is 1. The van der Waals surface area contributed by atoms with E-state index >= 15 is 0 Å². The molecule has 0 aliphatic carbocycles. The van der Waals surface area contributed by atoms with Gasteiger partial charge in [0.1, 0.15) is 0 Å². The van der Waals surface area contributed by atoms with Crippen LogP contribution < -0.4 is 5.56 Å². The van der Waals surface area contributed by atoms with Gasteiger partial charge in [0.25, 0.3) is 5.56 Å². The summed E-state index contributed by atoms with van der Waals surface area (Å²) in [7, 11) is 0. The van der Waals surface area contributed by atoms with Gasteiger partial charge in [-0.3, -0.25) is 9.36 Å². The fourth-order valence-electron chi connectivity index (χ4n) is 2.37. The quantitative estimate of drug-likeness (QED) is 0.799. The van der Waals surface area contributed by atoms with Crippen molar-refractivity contribution in [2.45, 2.75) is 19.1 Å². The van der Waals surface area contributed by atoms with Crippen LogP contribution >= 0.6 is 0 Å². The average molecular weight is 280 g/mol. The highest BCUT2D eigenvalue weighted by Gasteiger charge is 2.09. The van der Waals surface area contributed by atoms with Gasteiger partial charge in [0.2, 0.25) is 0 Å². The zero-order valence-corrected chi connectivity index (χ0v) is 11.5. The number of aliphatic hydroxyl groups excluding tert-OH is 1. The molecule has 1 aromatic heterocycles. The molecular weight excluding hydrogens is 264 g/mol. The summed E-state index contributed by atoms with van der Waals surface area (Å²) in [4.78, 5) is 16.6. The van der Waals surface area contributed by atoms with E-state index in [1.165, 1.54) is 0 Å². The highest BCUT2D eigenvalue weighted by molar-refractivity contribution is 5.76. The van der Waals surface area contributed by atoms with E-state index in [1.54, 1.807) is 17.0 Å². The summed E-state index contributed by atoms with van der Waals surface area (Å²) in [5.74, 6) is 0. The molecule has 0 saturated carbocycles. The lowest BCUT2D eigenvalue weighted by Crippen LogP contribution is -2.21. The minimum absolute atomic E-state index is 0.0686. The second-order valence-electron chi connectivity index (χ2n) is 4.98.